The molecule has 0 unspecified atom stereocenters. The number of carbonyl (C=O) groups is 1. The number of benzene rings is 3. The molecule has 0 saturated heterocycles. The summed E-state index contributed by atoms with van der Waals surface area (Å²) < 4.78 is 0. The van der Waals surface area contributed by atoms with Crippen molar-refractivity contribution in [3.8, 4) is 11.3 Å². The predicted molar refractivity (Wildman–Crippen MR) is 119 cm³/mol. The monoisotopic (exact) mass is 400 g/mol. The number of pyridine rings is 1. The number of halogens is 1. The van der Waals surface area contributed by atoms with Gasteiger partial charge in [0.1, 0.15) is 0 Å². The van der Waals surface area contributed by atoms with E-state index in [1.54, 1.807) is 0 Å². The number of aromatic nitrogens is 1. The van der Waals surface area contributed by atoms with Crippen LogP contribution in [0, 0.1) is 0 Å². The lowest BCUT2D eigenvalue weighted by atomic mass is 10.0. The van der Waals surface area contributed by atoms with Crippen molar-refractivity contribution in [2.75, 3.05) is 0 Å². The van der Waals surface area contributed by atoms with Crippen LogP contribution in [-0.4, -0.2) is 10.9 Å². The molecule has 29 heavy (non-hydrogen) atoms. The van der Waals surface area contributed by atoms with Gasteiger partial charge in [0.2, 0.25) is 0 Å². The molecule has 4 heteroatoms. The second-order valence-corrected chi connectivity index (χ2v) is 7.26. The minimum Gasteiger partial charge on any atom is -0.345 e. The van der Waals surface area contributed by atoms with Gasteiger partial charge in [-0.25, -0.2) is 4.98 Å². The van der Waals surface area contributed by atoms with Gasteiger partial charge in [0, 0.05) is 10.9 Å². The number of nitrogens with one attached hydrogen (secondary N) is 1. The standard InChI is InChI=1S/C25H21ClN2O/c1-2-20(17-11-5-3-6-12-17)28-25(29)22-19-15-9-10-16-21(19)27-24(23(22)26)18-13-7-4-8-14-18/h3-16,20H,2H2,1H3,(H,28,29)/t20-/m0/s1. The van der Waals surface area contributed by atoms with E-state index in [-0.39, 0.29) is 11.9 Å². The quantitative estimate of drug-likeness (QED) is 0.419. The first kappa shape index (κ1) is 19.2. The first-order valence-corrected chi connectivity index (χ1v) is 10.1. The maximum atomic E-state index is 13.4. The molecular formula is C25H21ClN2O. The second kappa shape index (κ2) is 8.46. The fourth-order valence-corrected chi connectivity index (χ4v) is 3.87. The molecule has 3 aromatic carbocycles. The topological polar surface area (TPSA) is 42.0 Å². The lowest BCUT2D eigenvalue weighted by molar-refractivity contribution is 0.0937. The molecule has 1 amide bonds. The van der Waals surface area contributed by atoms with Gasteiger partial charge in [-0.2, -0.15) is 0 Å². The van der Waals surface area contributed by atoms with Crippen LogP contribution in [0.2, 0.25) is 5.02 Å². The average Bonchev–Trinajstić information content (AvgIpc) is 2.78. The Kier molecular flexibility index (Phi) is 5.59. The van der Waals surface area contributed by atoms with Crippen molar-refractivity contribution in [3.05, 3.63) is 101 Å². The van der Waals surface area contributed by atoms with Gasteiger partial charge < -0.3 is 5.32 Å². The van der Waals surface area contributed by atoms with E-state index in [4.69, 9.17) is 16.6 Å². The molecule has 0 saturated carbocycles. The van der Waals surface area contributed by atoms with Crippen molar-refractivity contribution in [1.82, 2.24) is 10.3 Å². The summed E-state index contributed by atoms with van der Waals surface area (Å²) in [6, 6.07) is 27.2. The highest BCUT2D eigenvalue weighted by atomic mass is 35.5. The molecule has 4 rings (SSSR count). The van der Waals surface area contributed by atoms with Gasteiger partial charge in [-0.15, -0.1) is 0 Å². The Labute approximate surface area is 175 Å². The Morgan fingerprint density at radius 1 is 0.931 bits per heavy atom. The third-order valence-electron chi connectivity index (χ3n) is 5.02. The Hall–Kier alpha value is -3.17. The average molecular weight is 401 g/mol. The third-order valence-corrected chi connectivity index (χ3v) is 5.39. The summed E-state index contributed by atoms with van der Waals surface area (Å²) in [5.74, 6) is -0.193. The molecule has 0 aliphatic carbocycles. The largest absolute Gasteiger partial charge is 0.345 e. The lowest BCUT2D eigenvalue weighted by Crippen LogP contribution is -2.28. The van der Waals surface area contributed by atoms with Crippen LogP contribution in [-0.2, 0) is 0 Å². The van der Waals surface area contributed by atoms with Gasteiger partial charge >= 0.3 is 0 Å². The molecule has 3 nitrogen and oxygen atoms in total. The maximum absolute atomic E-state index is 13.4. The Morgan fingerprint density at radius 2 is 1.55 bits per heavy atom. The summed E-state index contributed by atoms with van der Waals surface area (Å²) in [6.45, 7) is 2.06. The number of rotatable bonds is 5. The molecule has 0 radical (unpaired) electrons. The summed E-state index contributed by atoms with van der Waals surface area (Å²) in [6.07, 6.45) is 0.780. The normalized spacial score (nSPS) is 11.9. The van der Waals surface area contributed by atoms with Crippen LogP contribution in [0.25, 0.3) is 22.2 Å². The van der Waals surface area contributed by atoms with Crippen molar-refractivity contribution in [3.63, 3.8) is 0 Å². The zero-order valence-electron chi connectivity index (χ0n) is 16.1. The first-order valence-electron chi connectivity index (χ1n) is 9.68. The molecule has 0 aliphatic rings. The first-order chi connectivity index (χ1) is 14.2. The fraction of sp³-hybridized carbons (Fsp3) is 0.120. The number of amides is 1. The summed E-state index contributed by atoms with van der Waals surface area (Å²) in [5, 5.41) is 4.28. The van der Waals surface area contributed by atoms with E-state index in [0.29, 0.717) is 16.3 Å². The zero-order chi connectivity index (χ0) is 20.2. The van der Waals surface area contributed by atoms with Crippen molar-refractivity contribution in [1.29, 1.82) is 0 Å². The highest BCUT2D eigenvalue weighted by Crippen LogP contribution is 2.34. The predicted octanol–water partition coefficient (Wildman–Crippen LogP) is 6.44. The van der Waals surface area contributed by atoms with Gasteiger partial charge in [0.25, 0.3) is 5.91 Å². The molecule has 1 heterocycles. The molecule has 1 atom stereocenters. The zero-order valence-corrected chi connectivity index (χ0v) is 16.9. The molecule has 0 spiro atoms. The van der Waals surface area contributed by atoms with Crippen LogP contribution < -0.4 is 5.32 Å². The number of para-hydroxylation sites is 1. The summed E-state index contributed by atoms with van der Waals surface area (Å²) >= 11 is 6.77. The molecule has 0 fully saturated rings. The SMILES string of the molecule is CC[C@H](NC(=O)c1c(Cl)c(-c2ccccc2)nc2ccccc12)c1ccccc1. The summed E-state index contributed by atoms with van der Waals surface area (Å²) in [4.78, 5) is 18.1. The number of hydrogen-bond donors (Lipinski definition) is 1. The van der Waals surface area contributed by atoms with E-state index in [1.165, 1.54) is 0 Å². The van der Waals surface area contributed by atoms with Gasteiger partial charge in [-0.1, -0.05) is 97.4 Å². The molecule has 1 aromatic heterocycles. The van der Waals surface area contributed by atoms with Crippen LogP contribution in [0.1, 0.15) is 35.3 Å². The van der Waals surface area contributed by atoms with E-state index >= 15 is 0 Å². The molecular weight excluding hydrogens is 380 g/mol. The molecule has 0 aliphatic heterocycles. The molecule has 0 bridgehead atoms. The van der Waals surface area contributed by atoms with Gasteiger partial charge in [0.05, 0.1) is 27.8 Å². The minimum absolute atomic E-state index is 0.0909. The van der Waals surface area contributed by atoms with Crippen LogP contribution >= 0.6 is 11.6 Å². The highest BCUT2D eigenvalue weighted by molar-refractivity contribution is 6.38. The number of hydrogen-bond acceptors (Lipinski definition) is 2. The molecule has 144 valence electrons. The molecule has 4 aromatic rings. The number of carbonyl (C=O) groups excluding carboxylic acids is 1. The van der Waals surface area contributed by atoms with Crippen molar-refractivity contribution < 1.29 is 4.79 Å². The van der Waals surface area contributed by atoms with E-state index in [2.05, 4.69) is 12.2 Å². The maximum Gasteiger partial charge on any atom is 0.254 e. The van der Waals surface area contributed by atoms with E-state index in [1.807, 2.05) is 84.9 Å². The van der Waals surface area contributed by atoms with E-state index in [9.17, 15) is 4.79 Å². The van der Waals surface area contributed by atoms with Crippen molar-refractivity contribution >= 4 is 28.4 Å². The highest BCUT2D eigenvalue weighted by Gasteiger charge is 2.22. The number of nitrogens with zero attached hydrogens (tertiary/aromatic N) is 1. The van der Waals surface area contributed by atoms with Crippen LogP contribution in [0.4, 0.5) is 0 Å². The summed E-state index contributed by atoms with van der Waals surface area (Å²) in [7, 11) is 0. The fourth-order valence-electron chi connectivity index (χ4n) is 3.53. The van der Waals surface area contributed by atoms with Gasteiger partial charge in [0.15, 0.2) is 0 Å². The van der Waals surface area contributed by atoms with Crippen LogP contribution in [0.3, 0.4) is 0 Å². The second-order valence-electron chi connectivity index (χ2n) is 6.88. The third kappa shape index (κ3) is 3.87. The molecule has 1 N–H and O–H groups in total. The Morgan fingerprint density at radius 3 is 2.24 bits per heavy atom. The number of fused-ring (bicyclic) bond motifs is 1. The van der Waals surface area contributed by atoms with Gasteiger partial charge in [-0.05, 0) is 18.1 Å². The Bertz CT molecular complexity index is 1140. The van der Waals surface area contributed by atoms with Crippen molar-refractivity contribution in [2.24, 2.45) is 0 Å². The smallest absolute Gasteiger partial charge is 0.254 e. The van der Waals surface area contributed by atoms with Crippen LogP contribution in [0.15, 0.2) is 84.9 Å². The van der Waals surface area contributed by atoms with E-state index in [0.717, 1.165) is 28.5 Å². The summed E-state index contributed by atoms with van der Waals surface area (Å²) in [5.41, 5.74) is 3.77. The van der Waals surface area contributed by atoms with Crippen molar-refractivity contribution in [2.45, 2.75) is 19.4 Å². The minimum atomic E-state index is -0.193. The Balaban J connectivity index is 1.82. The van der Waals surface area contributed by atoms with Crippen LogP contribution in [0.5, 0.6) is 0 Å². The van der Waals surface area contributed by atoms with Gasteiger partial charge in [-0.3, -0.25) is 4.79 Å². The lowest BCUT2D eigenvalue weighted by Gasteiger charge is -2.19. The van der Waals surface area contributed by atoms with E-state index < -0.39 is 0 Å².